The monoisotopic (exact) mass is 525 g/mol. The Morgan fingerprint density at radius 1 is 1.22 bits per heavy atom. The maximum absolute atomic E-state index is 13.5. The van der Waals surface area contributed by atoms with Crippen LogP contribution in [0.25, 0.3) is 10.2 Å². The van der Waals surface area contributed by atoms with Crippen molar-refractivity contribution in [2.75, 3.05) is 26.0 Å². The minimum absolute atomic E-state index is 0. The molecular formula is C25H31N7O2S2. The zero-order valence-electron chi connectivity index (χ0n) is 21.0. The Kier molecular flexibility index (Phi) is 7.26. The molecule has 36 heavy (non-hydrogen) atoms. The van der Waals surface area contributed by atoms with Gasteiger partial charge in [-0.1, -0.05) is 30.3 Å². The summed E-state index contributed by atoms with van der Waals surface area (Å²) in [6.07, 6.45) is -0.736. The predicted molar refractivity (Wildman–Crippen MR) is 147 cm³/mol. The third-order valence-electron chi connectivity index (χ3n) is 6.29. The molecule has 1 amide bonds. The third kappa shape index (κ3) is 4.78. The molecular weight excluding hydrogens is 494 g/mol. The molecule has 0 aliphatic carbocycles. The second-order valence-corrected chi connectivity index (χ2v) is 10.4. The molecule has 4 aromatic rings. The van der Waals surface area contributed by atoms with Gasteiger partial charge in [0.05, 0.1) is 28.0 Å². The first-order chi connectivity index (χ1) is 16.7. The summed E-state index contributed by atoms with van der Waals surface area (Å²) in [4.78, 5) is 26.3. The van der Waals surface area contributed by atoms with Gasteiger partial charge in [-0.2, -0.15) is 18.6 Å². The number of nitrogens with one attached hydrogen (secondary N) is 2. The highest BCUT2D eigenvalue weighted by Crippen LogP contribution is 2.42. The van der Waals surface area contributed by atoms with Crippen molar-refractivity contribution < 1.29 is 9.53 Å². The van der Waals surface area contributed by atoms with E-state index in [-0.39, 0.29) is 25.7 Å². The third-order valence-corrected chi connectivity index (χ3v) is 7.20. The van der Waals surface area contributed by atoms with E-state index in [0.717, 1.165) is 27.0 Å². The molecule has 2 N–H and O–H groups in total. The van der Waals surface area contributed by atoms with Crippen molar-refractivity contribution in [1.29, 1.82) is 0 Å². The maximum atomic E-state index is 13.5. The minimum Gasteiger partial charge on any atom is -0.440 e. The summed E-state index contributed by atoms with van der Waals surface area (Å²) in [6.45, 7) is 6.83. The van der Waals surface area contributed by atoms with Crippen LogP contribution in [0.1, 0.15) is 42.6 Å². The summed E-state index contributed by atoms with van der Waals surface area (Å²) >= 11 is 1.58. The summed E-state index contributed by atoms with van der Waals surface area (Å²) in [5.41, 5.74) is 3.06. The Labute approximate surface area is 221 Å². The van der Waals surface area contributed by atoms with Crippen molar-refractivity contribution in [3.8, 4) is 0 Å². The van der Waals surface area contributed by atoms with E-state index in [1.54, 1.807) is 16.2 Å². The maximum Gasteiger partial charge on any atom is 0.411 e. The van der Waals surface area contributed by atoms with Crippen LogP contribution in [0.3, 0.4) is 0 Å². The molecule has 0 radical (unpaired) electrons. The number of aryl methyl sites for hydroxylation is 1. The number of nitrogens with zero attached hydrogens (tertiary/aromatic N) is 5. The molecule has 0 saturated heterocycles. The molecule has 9 nitrogen and oxygen atoms in total. The second-order valence-electron chi connectivity index (χ2n) is 9.50. The van der Waals surface area contributed by atoms with Gasteiger partial charge in [-0.3, -0.25) is 10.00 Å². The molecule has 1 atom stereocenters. The number of ether oxygens (including phenoxy) is 1. The van der Waals surface area contributed by atoms with Gasteiger partial charge in [0, 0.05) is 12.1 Å². The normalized spacial score (nSPS) is 15.0. The SMILES string of the molecule is Cc1nc(Nc2n[nH]c3c2CN(C(=O)O[C@H](CN(C)C)c2ccccc2)C3(C)C)c2sccc2n1.S. The number of anilines is 2. The van der Waals surface area contributed by atoms with Gasteiger partial charge < -0.3 is 15.0 Å². The van der Waals surface area contributed by atoms with Crippen molar-refractivity contribution in [2.45, 2.75) is 39.0 Å². The van der Waals surface area contributed by atoms with Crippen LogP contribution in [0.5, 0.6) is 0 Å². The fraction of sp³-hybridized carbons (Fsp3) is 0.360. The molecule has 5 rings (SSSR count). The first kappa shape index (κ1) is 25.9. The fourth-order valence-electron chi connectivity index (χ4n) is 4.48. The molecule has 0 fully saturated rings. The van der Waals surface area contributed by atoms with Crippen molar-refractivity contribution in [1.82, 2.24) is 30.0 Å². The lowest BCUT2D eigenvalue weighted by Crippen LogP contribution is -2.42. The van der Waals surface area contributed by atoms with Crippen LogP contribution in [0.2, 0.25) is 0 Å². The van der Waals surface area contributed by atoms with Crippen molar-refractivity contribution in [3.05, 3.63) is 64.4 Å². The van der Waals surface area contributed by atoms with Crippen LogP contribution in [0.15, 0.2) is 41.8 Å². The average molecular weight is 526 g/mol. The molecule has 3 aromatic heterocycles. The molecule has 4 heterocycles. The topological polar surface area (TPSA) is 99.3 Å². The zero-order valence-corrected chi connectivity index (χ0v) is 22.8. The zero-order chi connectivity index (χ0) is 24.7. The smallest absolute Gasteiger partial charge is 0.411 e. The van der Waals surface area contributed by atoms with Crippen LogP contribution in [0, 0.1) is 6.92 Å². The van der Waals surface area contributed by atoms with Crippen LogP contribution in [0.4, 0.5) is 16.4 Å². The van der Waals surface area contributed by atoms with Crippen molar-refractivity contribution >= 4 is 52.8 Å². The van der Waals surface area contributed by atoms with Crippen LogP contribution >= 0.6 is 24.8 Å². The number of benzene rings is 1. The number of fused-ring (bicyclic) bond motifs is 2. The molecule has 11 heteroatoms. The van der Waals surface area contributed by atoms with Gasteiger partial charge in [-0.25, -0.2) is 14.8 Å². The van der Waals surface area contributed by atoms with E-state index in [1.165, 1.54) is 0 Å². The largest absolute Gasteiger partial charge is 0.440 e. The molecule has 1 aliphatic heterocycles. The number of thiophene rings is 1. The minimum atomic E-state index is -0.613. The summed E-state index contributed by atoms with van der Waals surface area (Å²) in [6, 6.07) is 11.8. The van der Waals surface area contributed by atoms with Gasteiger partial charge in [0.1, 0.15) is 11.9 Å². The average Bonchev–Trinajstić information content (AvgIpc) is 3.50. The predicted octanol–water partition coefficient (Wildman–Crippen LogP) is 5.07. The van der Waals surface area contributed by atoms with Gasteiger partial charge in [-0.15, -0.1) is 11.3 Å². The molecule has 1 aromatic carbocycles. The second kappa shape index (κ2) is 10.1. The Hall–Kier alpha value is -3.15. The summed E-state index contributed by atoms with van der Waals surface area (Å²) in [5, 5.41) is 13.0. The standard InChI is InChI=1S/C25H29N7O2S.H2S/c1-15-26-18-11-12-35-20(18)23(27-15)28-22-17-13-32(25(2,3)21(17)29-30-22)24(33)34-19(14-31(4)5)16-9-7-6-8-10-16;/h6-12,19H,13-14H2,1-5H3,(H2,26,27,28,29,30);1H2/t19-;/m1./s1. The number of carbonyl (C=O) groups is 1. The Morgan fingerprint density at radius 2 is 1.97 bits per heavy atom. The van der Waals surface area contributed by atoms with E-state index in [2.05, 4.69) is 25.5 Å². The summed E-state index contributed by atoms with van der Waals surface area (Å²) in [7, 11) is 3.94. The number of carbonyl (C=O) groups excluding carboxylic acids is 1. The Balaban J connectivity index is 0.00000304. The van der Waals surface area contributed by atoms with E-state index in [9.17, 15) is 4.79 Å². The molecule has 0 bridgehead atoms. The number of amides is 1. The molecule has 0 saturated carbocycles. The molecule has 0 unspecified atom stereocenters. The lowest BCUT2D eigenvalue weighted by atomic mass is 10.0. The molecule has 190 valence electrons. The molecule has 0 spiro atoms. The van der Waals surface area contributed by atoms with Gasteiger partial charge in [0.15, 0.2) is 11.6 Å². The van der Waals surface area contributed by atoms with Gasteiger partial charge in [0.25, 0.3) is 0 Å². The van der Waals surface area contributed by atoms with Gasteiger partial charge in [0.2, 0.25) is 0 Å². The highest BCUT2D eigenvalue weighted by Gasteiger charge is 2.45. The number of H-pyrrole nitrogens is 1. The number of aromatic nitrogens is 4. The highest BCUT2D eigenvalue weighted by atomic mass is 32.1. The number of rotatable bonds is 6. The quantitative estimate of drug-likeness (QED) is 0.363. The van der Waals surface area contributed by atoms with Crippen molar-refractivity contribution in [3.63, 3.8) is 0 Å². The van der Waals surface area contributed by atoms with Crippen LogP contribution in [-0.2, 0) is 16.8 Å². The first-order valence-electron chi connectivity index (χ1n) is 11.5. The fourth-order valence-corrected chi connectivity index (χ4v) is 5.26. The number of likely N-dealkylation sites (N-methyl/N-ethyl adjacent to an activating group) is 1. The highest BCUT2D eigenvalue weighted by molar-refractivity contribution is 7.59. The van der Waals surface area contributed by atoms with E-state index < -0.39 is 5.54 Å². The summed E-state index contributed by atoms with van der Waals surface area (Å²) < 4.78 is 7.03. The van der Waals surface area contributed by atoms with Gasteiger partial charge in [-0.05, 0) is 51.9 Å². The van der Waals surface area contributed by atoms with Crippen molar-refractivity contribution in [2.24, 2.45) is 0 Å². The Bertz CT molecular complexity index is 1370. The Morgan fingerprint density at radius 3 is 2.69 bits per heavy atom. The lowest BCUT2D eigenvalue weighted by Gasteiger charge is -2.33. The number of hydrogen-bond acceptors (Lipinski definition) is 8. The van der Waals surface area contributed by atoms with E-state index >= 15 is 0 Å². The van der Waals surface area contributed by atoms with Crippen LogP contribution < -0.4 is 5.32 Å². The number of aromatic amines is 1. The van der Waals surface area contributed by atoms with E-state index in [1.807, 2.05) is 81.5 Å². The van der Waals surface area contributed by atoms with Gasteiger partial charge >= 0.3 is 6.09 Å². The number of hydrogen-bond donors (Lipinski definition) is 2. The lowest BCUT2D eigenvalue weighted by molar-refractivity contribution is 0.0259. The summed E-state index contributed by atoms with van der Waals surface area (Å²) in [5.74, 6) is 2.05. The molecule has 1 aliphatic rings. The van der Waals surface area contributed by atoms with E-state index in [4.69, 9.17) is 4.74 Å². The van der Waals surface area contributed by atoms with Crippen LogP contribution in [-0.4, -0.2) is 56.7 Å². The first-order valence-corrected chi connectivity index (χ1v) is 12.4. The van der Waals surface area contributed by atoms with E-state index in [0.29, 0.717) is 30.5 Å².